The minimum atomic E-state index is -0.141. The number of carbonyl (C=O) groups is 1. The minimum Gasteiger partial charge on any atom is -0.324 e. The number of rotatable bonds is 6. The second-order valence-corrected chi connectivity index (χ2v) is 8.84. The minimum absolute atomic E-state index is 0.141. The molecule has 3 rings (SSSR count). The first-order valence-electron chi connectivity index (χ1n) is 7.84. The van der Waals surface area contributed by atoms with Gasteiger partial charge >= 0.3 is 0 Å². The first-order chi connectivity index (χ1) is 12.5. The zero-order chi connectivity index (χ0) is 18.7. The summed E-state index contributed by atoms with van der Waals surface area (Å²) in [6, 6.07) is 7.43. The first-order valence-corrected chi connectivity index (χ1v) is 10.9. The Kier molecular flexibility index (Phi) is 6.39. The van der Waals surface area contributed by atoms with Gasteiger partial charge in [0.2, 0.25) is 5.91 Å². The number of anilines is 1. The van der Waals surface area contributed by atoms with Crippen LogP contribution in [0.15, 0.2) is 39.3 Å². The van der Waals surface area contributed by atoms with Crippen molar-refractivity contribution in [3.8, 4) is 11.4 Å². The molecule has 1 amide bonds. The predicted molar refractivity (Wildman–Crippen MR) is 112 cm³/mol. The van der Waals surface area contributed by atoms with Crippen molar-refractivity contribution in [2.45, 2.75) is 25.5 Å². The number of hydrogen-bond acceptors (Lipinski definition) is 5. The van der Waals surface area contributed by atoms with Crippen LogP contribution in [0.4, 0.5) is 5.69 Å². The number of nitrogens with zero attached hydrogens (tertiary/aromatic N) is 3. The van der Waals surface area contributed by atoms with E-state index in [4.69, 9.17) is 11.6 Å². The molecule has 0 bridgehead atoms. The van der Waals surface area contributed by atoms with Gasteiger partial charge in [-0.1, -0.05) is 39.3 Å². The first kappa shape index (κ1) is 19.4. The number of aromatic nitrogens is 3. The Balaban J connectivity index is 1.67. The van der Waals surface area contributed by atoms with E-state index in [1.807, 2.05) is 17.6 Å². The molecule has 2 heterocycles. The molecule has 0 saturated carbocycles. The van der Waals surface area contributed by atoms with Crippen molar-refractivity contribution >= 4 is 62.2 Å². The smallest absolute Gasteiger partial charge is 0.234 e. The third-order valence-corrected chi connectivity index (χ3v) is 6.19. The summed E-state index contributed by atoms with van der Waals surface area (Å²) in [5.41, 5.74) is 1.65. The van der Waals surface area contributed by atoms with Crippen LogP contribution < -0.4 is 5.32 Å². The van der Waals surface area contributed by atoms with Gasteiger partial charge in [0.05, 0.1) is 16.5 Å². The third kappa shape index (κ3) is 4.49. The second kappa shape index (κ2) is 8.56. The lowest BCUT2D eigenvalue weighted by molar-refractivity contribution is -0.113. The quantitative estimate of drug-likeness (QED) is 0.483. The molecule has 0 radical (unpaired) electrons. The molecule has 0 aliphatic carbocycles. The van der Waals surface area contributed by atoms with Crippen LogP contribution in [0.2, 0.25) is 5.02 Å². The van der Waals surface area contributed by atoms with Crippen molar-refractivity contribution in [3.05, 3.63) is 44.0 Å². The predicted octanol–water partition coefficient (Wildman–Crippen LogP) is 5.48. The Morgan fingerprint density at radius 3 is 2.85 bits per heavy atom. The summed E-state index contributed by atoms with van der Waals surface area (Å²) >= 11 is 12.5. The van der Waals surface area contributed by atoms with Crippen LogP contribution in [0.3, 0.4) is 0 Å². The Labute approximate surface area is 173 Å². The van der Waals surface area contributed by atoms with E-state index in [0.29, 0.717) is 10.7 Å². The maximum Gasteiger partial charge on any atom is 0.234 e. The maximum atomic E-state index is 12.2. The van der Waals surface area contributed by atoms with Crippen LogP contribution in [-0.2, 0) is 11.3 Å². The van der Waals surface area contributed by atoms with Crippen molar-refractivity contribution in [1.82, 2.24) is 14.8 Å². The normalized spacial score (nSPS) is 10.9. The molecule has 0 fully saturated rings. The molecule has 0 spiro atoms. The van der Waals surface area contributed by atoms with Gasteiger partial charge in [0, 0.05) is 26.8 Å². The van der Waals surface area contributed by atoms with Gasteiger partial charge in [0.15, 0.2) is 11.0 Å². The van der Waals surface area contributed by atoms with Gasteiger partial charge in [0.25, 0.3) is 0 Å². The highest BCUT2D eigenvalue weighted by atomic mass is 79.9. The molecule has 136 valence electrons. The van der Waals surface area contributed by atoms with Gasteiger partial charge in [-0.05, 0) is 38.1 Å². The molecule has 1 N–H and O–H groups in total. The molecular formula is C17H16BrClN4OS2. The summed E-state index contributed by atoms with van der Waals surface area (Å²) in [5, 5.41) is 14.7. The van der Waals surface area contributed by atoms with E-state index in [1.54, 1.807) is 23.5 Å². The van der Waals surface area contributed by atoms with Gasteiger partial charge in [-0.25, -0.2) is 0 Å². The van der Waals surface area contributed by atoms with Gasteiger partial charge in [-0.15, -0.1) is 21.5 Å². The lowest BCUT2D eigenvalue weighted by atomic mass is 10.3. The molecule has 9 heteroatoms. The Morgan fingerprint density at radius 2 is 2.19 bits per heavy atom. The highest BCUT2D eigenvalue weighted by Gasteiger charge is 2.16. The summed E-state index contributed by atoms with van der Waals surface area (Å²) in [6.45, 7) is 4.84. The fraction of sp³-hybridized carbons (Fsp3) is 0.235. The molecule has 1 aromatic carbocycles. The zero-order valence-electron chi connectivity index (χ0n) is 14.1. The van der Waals surface area contributed by atoms with Crippen molar-refractivity contribution in [3.63, 3.8) is 0 Å². The van der Waals surface area contributed by atoms with Gasteiger partial charge < -0.3 is 9.88 Å². The highest BCUT2D eigenvalue weighted by Crippen LogP contribution is 2.28. The molecule has 26 heavy (non-hydrogen) atoms. The summed E-state index contributed by atoms with van der Waals surface area (Å²) in [5.74, 6) is 0.918. The molecule has 0 saturated heterocycles. The summed E-state index contributed by atoms with van der Waals surface area (Å²) in [6.07, 6.45) is 0. The van der Waals surface area contributed by atoms with E-state index in [0.717, 1.165) is 27.6 Å². The average Bonchev–Trinajstić information content (AvgIpc) is 3.21. The van der Waals surface area contributed by atoms with E-state index in [-0.39, 0.29) is 11.7 Å². The number of carbonyl (C=O) groups excluding carboxylic acids is 1. The zero-order valence-corrected chi connectivity index (χ0v) is 18.1. The SMILES string of the molecule is CCn1c(SCC(=O)Nc2ccc(Br)cc2Cl)nnc1-c1csc(C)c1. The molecule has 0 aliphatic heterocycles. The van der Waals surface area contributed by atoms with Crippen LogP contribution >= 0.6 is 50.6 Å². The fourth-order valence-electron chi connectivity index (χ4n) is 2.36. The van der Waals surface area contributed by atoms with E-state index >= 15 is 0 Å². The van der Waals surface area contributed by atoms with Gasteiger partial charge in [0.1, 0.15) is 0 Å². The number of amides is 1. The second-order valence-electron chi connectivity index (χ2n) is 5.46. The van der Waals surface area contributed by atoms with Crippen molar-refractivity contribution in [1.29, 1.82) is 0 Å². The standard InChI is InChI=1S/C17H16BrClN4OS2/c1-3-23-16(11-6-10(2)25-8-11)21-22-17(23)26-9-15(24)20-14-5-4-12(18)7-13(14)19/h4-8H,3,9H2,1-2H3,(H,20,24). The van der Waals surface area contributed by atoms with Crippen LogP contribution in [0, 0.1) is 6.92 Å². The summed E-state index contributed by atoms with van der Waals surface area (Å²) in [4.78, 5) is 13.5. The van der Waals surface area contributed by atoms with Crippen molar-refractivity contribution in [2.24, 2.45) is 0 Å². The molecule has 0 aliphatic rings. The van der Waals surface area contributed by atoms with E-state index < -0.39 is 0 Å². The number of hydrogen-bond donors (Lipinski definition) is 1. The van der Waals surface area contributed by atoms with Crippen molar-refractivity contribution in [2.75, 3.05) is 11.1 Å². The van der Waals surface area contributed by atoms with Crippen LogP contribution in [0.1, 0.15) is 11.8 Å². The summed E-state index contributed by atoms with van der Waals surface area (Å²) in [7, 11) is 0. The van der Waals surface area contributed by atoms with Gasteiger partial charge in [-0.2, -0.15) is 0 Å². The van der Waals surface area contributed by atoms with Gasteiger partial charge in [-0.3, -0.25) is 4.79 Å². The van der Waals surface area contributed by atoms with E-state index in [2.05, 4.69) is 49.8 Å². The molecule has 2 aromatic heterocycles. The Morgan fingerprint density at radius 1 is 1.38 bits per heavy atom. The molecule has 0 atom stereocenters. The number of halogens is 2. The summed E-state index contributed by atoms with van der Waals surface area (Å²) < 4.78 is 2.88. The monoisotopic (exact) mass is 470 g/mol. The lowest BCUT2D eigenvalue weighted by Gasteiger charge is -2.08. The number of aryl methyl sites for hydroxylation is 1. The van der Waals surface area contributed by atoms with Crippen LogP contribution in [-0.4, -0.2) is 26.4 Å². The molecular weight excluding hydrogens is 456 g/mol. The number of nitrogens with one attached hydrogen (secondary N) is 1. The number of thioether (sulfide) groups is 1. The third-order valence-electron chi connectivity index (χ3n) is 3.56. The highest BCUT2D eigenvalue weighted by molar-refractivity contribution is 9.10. The Bertz CT molecular complexity index is 941. The largest absolute Gasteiger partial charge is 0.324 e. The topological polar surface area (TPSA) is 59.8 Å². The average molecular weight is 472 g/mol. The molecule has 3 aromatic rings. The number of thiophene rings is 1. The fourth-order valence-corrected chi connectivity index (χ4v) is 4.57. The van der Waals surface area contributed by atoms with Crippen LogP contribution in [0.25, 0.3) is 11.4 Å². The molecule has 0 unspecified atom stereocenters. The molecule has 5 nitrogen and oxygen atoms in total. The van der Waals surface area contributed by atoms with E-state index in [1.165, 1.54) is 16.6 Å². The Hall–Kier alpha value is -1.35. The maximum absolute atomic E-state index is 12.2. The van der Waals surface area contributed by atoms with Crippen LogP contribution in [0.5, 0.6) is 0 Å². The van der Waals surface area contributed by atoms with Crippen molar-refractivity contribution < 1.29 is 4.79 Å². The number of benzene rings is 1. The lowest BCUT2D eigenvalue weighted by Crippen LogP contribution is -2.15. The van der Waals surface area contributed by atoms with E-state index in [9.17, 15) is 4.79 Å².